The van der Waals surface area contributed by atoms with E-state index in [2.05, 4.69) is 26.9 Å². The average Bonchev–Trinajstić information content (AvgIpc) is 3.39. The normalized spacial score (nSPS) is 10.6. The number of hydrogen-bond donors (Lipinski definition) is 2. The van der Waals surface area contributed by atoms with Gasteiger partial charge in [0, 0.05) is 16.5 Å². The first-order valence-electron chi connectivity index (χ1n) is 9.63. The van der Waals surface area contributed by atoms with Crippen molar-refractivity contribution in [2.45, 2.75) is 20.3 Å². The molecule has 2 N–H and O–H groups in total. The highest BCUT2D eigenvalue weighted by atomic mass is 32.1. The topological polar surface area (TPSA) is 84.0 Å². The van der Waals surface area contributed by atoms with E-state index in [9.17, 15) is 9.59 Å². The first-order chi connectivity index (χ1) is 15.0. The Labute approximate surface area is 188 Å². The zero-order valence-electron chi connectivity index (χ0n) is 17.0. The summed E-state index contributed by atoms with van der Waals surface area (Å²) in [6, 6.07) is 17.7. The zero-order valence-corrected chi connectivity index (χ0v) is 18.6. The summed E-state index contributed by atoms with van der Waals surface area (Å²) in [5.41, 5.74) is 9.36. The maximum Gasteiger partial charge on any atom is 0.281 e. The summed E-state index contributed by atoms with van der Waals surface area (Å²) in [5.74, 6) is -0.718. The number of nitrogens with zero attached hydrogens (tertiary/aromatic N) is 2. The zero-order chi connectivity index (χ0) is 21.8. The van der Waals surface area contributed by atoms with Crippen LogP contribution in [0.5, 0.6) is 0 Å². The van der Waals surface area contributed by atoms with Crippen LogP contribution in [0.15, 0.2) is 60.0 Å². The van der Waals surface area contributed by atoms with Crippen LogP contribution >= 0.6 is 22.7 Å². The van der Waals surface area contributed by atoms with Crippen LogP contribution in [0.4, 0.5) is 0 Å². The molecule has 0 saturated carbocycles. The quantitative estimate of drug-likeness (QED) is 0.439. The van der Waals surface area contributed by atoms with Crippen molar-refractivity contribution in [3.63, 3.8) is 0 Å². The molecule has 0 fully saturated rings. The van der Waals surface area contributed by atoms with Gasteiger partial charge in [-0.3, -0.25) is 20.4 Å². The lowest BCUT2D eigenvalue weighted by atomic mass is 10.1. The Bertz CT molecular complexity index is 1230. The highest BCUT2D eigenvalue weighted by Gasteiger charge is 2.17. The first-order valence-corrected chi connectivity index (χ1v) is 11.3. The van der Waals surface area contributed by atoms with Crippen molar-refractivity contribution >= 4 is 34.5 Å². The Morgan fingerprint density at radius 1 is 0.903 bits per heavy atom. The SMILES string of the molecule is Cc1cccc(-c2nc(CC(=O)NNC(=O)c3sc(-c4ccccc4)nc3C)cs2)c1. The minimum absolute atomic E-state index is 0.0829. The number of benzene rings is 2. The third kappa shape index (κ3) is 5.04. The Kier molecular flexibility index (Phi) is 6.20. The van der Waals surface area contributed by atoms with Gasteiger partial charge in [0.2, 0.25) is 5.91 Å². The number of aryl methyl sites for hydroxylation is 2. The summed E-state index contributed by atoms with van der Waals surface area (Å²) in [6.07, 6.45) is 0.0829. The second-order valence-corrected chi connectivity index (χ2v) is 8.85. The average molecular weight is 449 g/mol. The van der Waals surface area contributed by atoms with Crippen molar-refractivity contribution in [1.82, 2.24) is 20.8 Å². The molecule has 0 aliphatic heterocycles. The summed E-state index contributed by atoms with van der Waals surface area (Å²) in [4.78, 5) is 34.3. The van der Waals surface area contributed by atoms with Gasteiger partial charge in [-0.15, -0.1) is 22.7 Å². The van der Waals surface area contributed by atoms with Crippen molar-refractivity contribution in [2.75, 3.05) is 0 Å². The van der Waals surface area contributed by atoms with Crippen molar-refractivity contribution in [3.05, 3.63) is 81.8 Å². The van der Waals surface area contributed by atoms with Crippen LogP contribution in [0.2, 0.25) is 0 Å². The second-order valence-electron chi connectivity index (χ2n) is 6.99. The van der Waals surface area contributed by atoms with Crippen molar-refractivity contribution in [1.29, 1.82) is 0 Å². The summed E-state index contributed by atoms with van der Waals surface area (Å²) in [7, 11) is 0. The van der Waals surface area contributed by atoms with E-state index in [0.717, 1.165) is 26.7 Å². The number of rotatable bonds is 5. The molecule has 0 unspecified atom stereocenters. The molecule has 4 aromatic rings. The lowest BCUT2D eigenvalue weighted by Gasteiger charge is -2.05. The molecule has 0 radical (unpaired) electrons. The second kappa shape index (κ2) is 9.20. The number of nitrogens with one attached hydrogen (secondary N) is 2. The number of thiazole rings is 2. The van der Waals surface area contributed by atoms with Crippen LogP contribution in [0.1, 0.15) is 26.6 Å². The van der Waals surface area contributed by atoms with E-state index in [1.807, 2.05) is 60.8 Å². The van der Waals surface area contributed by atoms with Gasteiger partial charge in [0.25, 0.3) is 5.91 Å². The fourth-order valence-electron chi connectivity index (χ4n) is 3.00. The van der Waals surface area contributed by atoms with Crippen LogP contribution in [-0.2, 0) is 11.2 Å². The Balaban J connectivity index is 1.35. The molecule has 2 heterocycles. The maximum atomic E-state index is 12.5. The Hall–Kier alpha value is -3.36. The minimum Gasteiger partial charge on any atom is -0.273 e. The van der Waals surface area contributed by atoms with Gasteiger partial charge in [-0.1, -0.05) is 54.1 Å². The van der Waals surface area contributed by atoms with Gasteiger partial charge in [-0.05, 0) is 19.9 Å². The van der Waals surface area contributed by atoms with E-state index in [4.69, 9.17) is 0 Å². The Morgan fingerprint density at radius 3 is 2.45 bits per heavy atom. The first kappa shape index (κ1) is 20.9. The highest BCUT2D eigenvalue weighted by molar-refractivity contribution is 7.17. The number of amides is 2. The number of carbonyl (C=O) groups excluding carboxylic acids is 2. The van der Waals surface area contributed by atoms with E-state index >= 15 is 0 Å². The van der Waals surface area contributed by atoms with Crippen molar-refractivity contribution in [2.24, 2.45) is 0 Å². The third-order valence-corrected chi connectivity index (χ3v) is 6.64. The molecule has 31 heavy (non-hydrogen) atoms. The summed E-state index contributed by atoms with van der Waals surface area (Å²) in [5, 5.41) is 3.49. The standard InChI is InChI=1S/C23H20N4O2S2/c1-14-7-6-10-17(11-14)22-25-18(13-30-22)12-19(28)26-27-21(29)20-15(2)24-23(31-20)16-8-4-3-5-9-16/h3-11,13H,12H2,1-2H3,(H,26,28)(H,27,29). The van der Waals surface area contributed by atoms with Crippen molar-refractivity contribution < 1.29 is 9.59 Å². The molecule has 0 atom stereocenters. The minimum atomic E-state index is -0.385. The lowest BCUT2D eigenvalue weighted by Crippen LogP contribution is -2.42. The molecule has 0 saturated heterocycles. The molecule has 8 heteroatoms. The van der Waals surface area contributed by atoms with Crippen LogP contribution in [0, 0.1) is 13.8 Å². The van der Waals surface area contributed by atoms with E-state index in [1.165, 1.54) is 22.7 Å². The number of hydrazine groups is 1. The maximum absolute atomic E-state index is 12.5. The summed E-state index contributed by atoms with van der Waals surface area (Å²) >= 11 is 2.79. The Morgan fingerprint density at radius 2 is 1.68 bits per heavy atom. The molecule has 2 aromatic carbocycles. The molecule has 2 amide bonds. The molecule has 4 rings (SSSR count). The fraction of sp³-hybridized carbons (Fsp3) is 0.130. The fourth-order valence-corrected chi connectivity index (χ4v) is 4.79. The molecule has 0 aliphatic carbocycles. The molecular formula is C23H20N4O2S2. The van der Waals surface area contributed by atoms with Gasteiger partial charge >= 0.3 is 0 Å². The third-order valence-electron chi connectivity index (χ3n) is 4.50. The summed E-state index contributed by atoms with van der Waals surface area (Å²) in [6.45, 7) is 3.81. The number of carbonyl (C=O) groups is 2. The smallest absolute Gasteiger partial charge is 0.273 e. The highest BCUT2D eigenvalue weighted by Crippen LogP contribution is 2.27. The van der Waals surface area contributed by atoms with Gasteiger partial charge < -0.3 is 0 Å². The van der Waals surface area contributed by atoms with Crippen molar-refractivity contribution in [3.8, 4) is 21.1 Å². The van der Waals surface area contributed by atoms with Gasteiger partial charge in [-0.2, -0.15) is 0 Å². The van der Waals surface area contributed by atoms with Gasteiger partial charge in [0.05, 0.1) is 17.8 Å². The van der Waals surface area contributed by atoms with Crippen LogP contribution in [-0.4, -0.2) is 21.8 Å². The number of aromatic nitrogens is 2. The van der Waals surface area contributed by atoms with Gasteiger partial charge in [0.1, 0.15) is 14.9 Å². The molecule has 0 spiro atoms. The molecule has 6 nitrogen and oxygen atoms in total. The van der Waals surface area contributed by atoms with Crippen LogP contribution in [0.3, 0.4) is 0 Å². The van der Waals surface area contributed by atoms with E-state index in [1.54, 1.807) is 6.92 Å². The van der Waals surface area contributed by atoms with Gasteiger partial charge in [-0.25, -0.2) is 9.97 Å². The van der Waals surface area contributed by atoms with Crippen LogP contribution in [0.25, 0.3) is 21.1 Å². The summed E-state index contributed by atoms with van der Waals surface area (Å²) < 4.78 is 0. The van der Waals surface area contributed by atoms with E-state index < -0.39 is 0 Å². The predicted octanol–water partition coefficient (Wildman–Crippen LogP) is 4.55. The molecule has 156 valence electrons. The van der Waals surface area contributed by atoms with Crippen LogP contribution < -0.4 is 10.9 Å². The largest absolute Gasteiger partial charge is 0.281 e. The molecule has 2 aromatic heterocycles. The monoisotopic (exact) mass is 448 g/mol. The van der Waals surface area contributed by atoms with E-state index in [-0.39, 0.29) is 18.2 Å². The lowest BCUT2D eigenvalue weighted by molar-refractivity contribution is -0.121. The van der Waals surface area contributed by atoms with E-state index in [0.29, 0.717) is 16.3 Å². The predicted molar refractivity (Wildman–Crippen MR) is 124 cm³/mol. The number of hydrogen-bond acceptors (Lipinski definition) is 6. The van der Waals surface area contributed by atoms with Gasteiger partial charge in [0.15, 0.2) is 0 Å². The molecule has 0 bridgehead atoms. The molecule has 0 aliphatic rings. The molecular weight excluding hydrogens is 428 g/mol.